The largest absolute Gasteiger partial charge is 0.469 e. The molecule has 1 heterocycles. The van der Waals surface area contributed by atoms with E-state index in [1.165, 1.54) is 7.11 Å². The Morgan fingerprint density at radius 3 is 2.67 bits per heavy atom. The molecule has 2 unspecified atom stereocenters. The van der Waals surface area contributed by atoms with Crippen LogP contribution in [-0.4, -0.2) is 32.9 Å². The number of esters is 1. The minimum absolute atomic E-state index is 0.280. The summed E-state index contributed by atoms with van der Waals surface area (Å²) in [5.41, 5.74) is 0.202. The van der Waals surface area contributed by atoms with Gasteiger partial charge in [0.2, 0.25) is 0 Å². The van der Waals surface area contributed by atoms with Crippen molar-refractivity contribution in [3.8, 4) is 0 Å². The highest BCUT2D eigenvalue weighted by molar-refractivity contribution is 6.18. The lowest BCUT2D eigenvalue weighted by atomic mass is 9.62. The van der Waals surface area contributed by atoms with Gasteiger partial charge in [0.05, 0.1) is 20.9 Å². The molecule has 0 saturated carbocycles. The van der Waals surface area contributed by atoms with Gasteiger partial charge in [0.1, 0.15) is 0 Å². The van der Waals surface area contributed by atoms with Gasteiger partial charge in [-0.05, 0) is 30.4 Å². The normalized spacial score (nSPS) is 25.4. The molecule has 1 aromatic carbocycles. The Morgan fingerprint density at radius 2 is 2.11 bits per heavy atom. The molecule has 1 aliphatic heterocycles. The van der Waals surface area contributed by atoms with Crippen LogP contribution in [0.3, 0.4) is 0 Å². The topological polar surface area (TPSA) is 38.3 Å². The number of benzene rings is 1. The van der Waals surface area contributed by atoms with Crippen molar-refractivity contribution in [1.82, 2.24) is 5.32 Å². The Hall–Kier alpha value is -1.29. The van der Waals surface area contributed by atoms with Crippen molar-refractivity contribution in [1.29, 1.82) is 0 Å². The summed E-state index contributed by atoms with van der Waals surface area (Å²) in [6.45, 7) is 0.844. The molecule has 1 N–H and O–H groups in total. The van der Waals surface area contributed by atoms with Gasteiger partial charge < -0.3 is 10.1 Å². The summed E-state index contributed by atoms with van der Waals surface area (Å²) in [5.74, 6) is -0.734. The molecule has 2 rings (SSSR count). The summed E-state index contributed by atoms with van der Waals surface area (Å²) in [7, 11) is 7.81. The monoisotopic (exact) mass is 243 g/mol. The molecular weight excluding hydrogens is 225 g/mol. The molecule has 18 heavy (non-hydrogen) atoms. The highest BCUT2D eigenvalue weighted by atomic mass is 16.5. The summed E-state index contributed by atoms with van der Waals surface area (Å²) in [6.07, 6.45) is 2.91. The minimum Gasteiger partial charge on any atom is -0.469 e. The maximum absolute atomic E-state index is 12.1. The second-order valence-electron chi connectivity index (χ2n) is 4.79. The summed E-state index contributed by atoms with van der Waals surface area (Å²) < 4.78 is 4.93. The minimum atomic E-state index is -0.702. The van der Waals surface area contributed by atoms with Crippen molar-refractivity contribution in [3.05, 3.63) is 35.9 Å². The van der Waals surface area contributed by atoms with Crippen molar-refractivity contribution in [3.63, 3.8) is 0 Å². The van der Waals surface area contributed by atoms with Crippen LogP contribution >= 0.6 is 0 Å². The van der Waals surface area contributed by atoms with Crippen LogP contribution in [0.25, 0.3) is 0 Å². The molecule has 0 bridgehead atoms. The number of hydrogen-bond donors (Lipinski definition) is 1. The molecule has 1 aromatic rings. The Kier molecular flexibility index (Phi) is 4.07. The summed E-state index contributed by atoms with van der Waals surface area (Å²) in [4.78, 5) is 12.1. The first-order chi connectivity index (χ1) is 8.67. The highest BCUT2D eigenvalue weighted by Crippen LogP contribution is 2.33. The maximum Gasteiger partial charge on any atom is 0.314 e. The van der Waals surface area contributed by atoms with Crippen LogP contribution in [0.1, 0.15) is 30.7 Å². The zero-order chi connectivity index (χ0) is 13.0. The Bertz CT molecular complexity index is 402. The van der Waals surface area contributed by atoms with Crippen molar-refractivity contribution >= 4 is 13.8 Å². The predicted molar refractivity (Wildman–Crippen MR) is 71.5 cm³/mol. The number of rotatable bonds is 3. The second-order valence-corrected chi connectivity index (χ2v) is 4.79. The van der Waals surface area contributed by atoms with Crippen molar-refractivity contribution in [2.24, 2.45) is 0 Å². The molecular formula is C14H18BNO2. The number of nitrogens with one attached hydrogen (secondary N) is 1. The fourth-order valence-electron chi connectivity index (χ4n) is 2.61. The Morgan fingerprint density at radius 1 is 1.39 bits per heavy atom. The predicted octanol–water partition coefficient (Wildman–Crippen LogP) is 1.58. The number of piperidine rings is 1. The van der Waals surface area contributed by atoms with Gasteiger partial charge in [-0.3, -0.25) is 4.79 Å². The maximum atomic E-state index is 12.1. The quantitative estimate of drug-likeness (QED) is 0.647. The first-order valence-corrected chi connectivity index (χ1v) is 6.34. The van der Waals surface area contributed by atoms with Gasteiger partial charge in [0, 0.05) is 0 Å². The smallest absolute Gasteiger partial charge is 0.314 e. The molecule has 1 aliphatic rings. The fourth-order valence-corrected chi connectivity index (χ4v) is 2.61. The van der Waals surface area contributed by atoms with Gasteiger partial charge in [-0.15, -0.1) is 0 Å². The van der Waals surface area contributed by atoms with Gasteiger partial charge in [0.15, 0.2) is 0 Å². The van der Waals surface area contributed by atoms with Crippen LogP contribution in [0.5, 0.6) is 0 Å². The van der Waals surface area contributed by atoms with E-state index in [0.717, 1.165) is 31.4 Å². The average Bonchev–Trinajstić information content (AvgIpc) is 2.40. The molecule has 94 valence electrons. The van der Waals surface area contributed by atoms with Crippen LogP contribution in [-0.2, 0) is 9.53 Å². The average molecular weight is 243 g/mol. The molecule has 1 fully saturated rings. The standard InChI is InChI=1S/C14H18BNO2/c1-18-13(17)12(11-7-3-2-4-8-11)14(15)9-5-6-10-16-14/h2-4,7-8,12,16H,5-6,9-10H2,1H3. The van der Waals surface area contributed by atoms with Crippen molar-refractivity contribution in [2.45, 2.75) is 30.6 Å². The van der Waals surface area contributed by atoms with E-state index >= 15 is 0 Å². The van der Waals surface area contributed by atoms with E-state index in [4.69, 9.17) is 12.6 Å². The van der Waals surface area contributed by atoms with E-state index in [-0.39, 0.29) is 5.97 Å². The van der Waals surface area contributed by atoms with E-state index in [1.807, 2.05) is 30.3 Å². The molecule has 0 aromatic heterocycles. The third-order valence-corrected chi connectivity index (χ3v) is 3.56. The van der Waals surface area contributed by atoms with Crippen LogP contribution in [0.15, 0.2) is 30.3 Å². The molecule has 1 saturated heterocycles. The Balaban J connectivity index is 2.33. The fraction of sp³-hybridized carbons (Fsp3) is 0.500. The summed E-state index contributed by atoms with van der Waals surface area (Å²) >= 11 is 0. The second kappa shape index (κ2) is 5.57. The first-order valence-electron chi connectivity index (χ1n) is 6.34. The van der Waals surface area contributed by atoms with E-state index in [9.17, 15) is 4.79 Å². The zero-order valence-electron chi connectivity index (χ0n) is 10.7. The van der Waals surface area contributed by atoms with Gasteiger partial charge in [0.25, 0.3) is 0 Å². The van der Waals surface area contributed by atoms with E-state index in [0.29, 0.717) is 0 Å². The van der Waals surface area contributed by atoms with E-state index in [2.05, 4.69) is 5.32 Å². The Labute approximate surface area is 109 Å². The molecule has 3 nitrogen and oxygen atoms in total. The van der Waals surface area contributed by atoms with Crippen LogP contribution < -0.4 is 5.32 Å². The molecule has 0 aliphatic carbocycles. The number of carbonyl (C=O) groups excluding carboxylic acids is 1. The summed E-state index contributed by atoms with van der Waals surface area (Å²) in [5, 5.41) is 3.29. The van der Waals surface area contributed by atoms with E-state index < -0.39 is 11.4 Å². The molecule has 2 atom stereocenters. The van der Waals surface area contributed by atoms with Crippen molar-refractivity contribution in [2.75, 3.05) is 13.7 Å². The number of hydrogen-bond acceptors (Lipinski definition) is 3. The van der Waals surface area contributed by atoms with Crippen LogP contribution in [0.2, 0.25) is 0 Å². The number of ether oxygens (including phenoxy) is 1. The van der Waals surface area contributed by atoms with Gasteiger partial charge in [-0.2, -0.15) is 0 Å². The zero-order valence-corrected chi connectivity index (χ0v) is 10.7. The first kappa shape index (κ1) is 13.2. The molecule has 2 radical (unpaired) electrons. The van der Waals surface area contributed by atoms with Gasteiger partial charge >= 0.3 is 5.97 Å². The van der Waals surface area contributed by atoms with Crippen LogP contribution in [0.4, 0.5) is 0 Å². The molecule has 0 amide bonds. The lowest BCUT2D eigenvalue weighted by Gasteiger charge is -2.41. The SMILES string of the molecule is [B]C1(C(C(=O)OC)c2ccccc2)CCCCN1. The van der Waals surface area contributed by atoms with Crippen molar-refractivity contribution < 1.29 is 9.53 Å². The summed E-state index contributed by atoms with van der Waals surface area (Å²) in [6, 6.07) is 9.60. The van der Waals surface area contributed by atoms with E-state index in [1.54, 1.807) is 0 Å². The third kappa shape index (κ3) is 2.59. The third-order valence-electron chi connectivity index (χ3n) is 3.56. The lowest BCUT2D eigenvalue weighted by molar-refractivity contribution is -0.144. The van der Waals surface area contributed by atoms with Crippen LogP contribution in [0, 0.1) is 0 Å². The number of methoxy groups -OCH3 is 1. The number of carbonyl (C=O) groups is 1. The van der Waals surface area contributed by atoms with Gasteiger partial charge in [-0.25, -0.2) is 0 Å². The lowest BCUT2D eigenvalue weighted by Crippen LogP contribution is -2.55. The molecule has 4 heteroatoms. The molecule has 0 spiro atoms. The highest BCUT2D eigenvalue weighted by Gasteiger charge is 2.40. The van der Waals surface area contributed by atoms with Gasteiger partial charge in [-0.1, -0.05) is 36.8 Å².